The topological polar surface area (TPSA) is 61.6 Å². The Morgan fingerprint density at radius 3 is 2.33 bits per heavy atom. The third-order valence-corrected chi connectivity index (χ3v) is 6.91. The second-order valence-corrected chi connectivity index (χ2v) is 8.70. The maximum atomic E-state index is 12.7. The zero-order valence-electron chi connectivity index (χ0n) is 15.8. The maximum Gasteiger partial charge on any atom is 0.288 e. The lowest BCUT2D eigenvalue weighted by Crippen LogP contribution is -2.54. The van der Waals surface area contributed by atoms with Crippen LogP contribution in [0.15, 0.2) is 53.6 Å². The number of amides is 1. The zero-order valence-corrected chi connectivity index (χ0v) is 16.7. The molecular formula is C20H26N3O3S+. The first-order valence-corrected chi connectivity index (χ1v) is 10.7. The highest BCUT2D eigenvalue weighted by Gasteiger charge is 2.31. The molecule has 3 rings (SSSR count). The van der Waals surface area contributed by atoms with Crippen LogP contribution in [-0.4, -0.2) is 49.7 Å². The predicted molar refractivity (Wildman–Crippen MR) is 103 cm³/mol. The molecule has 1 aliphatic rings. The lowest BCUT2D eigenvalue weighted by molar-refractivity contribution is -0.691. The Morgan fingerprint density at radius 1 is 1.04 bits per heavy atom. The van der Waals surface area contributed by atoms with Gasteiger partial charge in [-0.3, -0.25) is 4.79 Å². The Hall–Kier alpha value is -2.25. The van der Waals surface area contributed by atoms with Crippen molar-refractivity contribution in [3.8, 4) is 0 Å². The van der Waals surface area contributed by atoms with Crippen LogP contribution in [0.3, 0.4) is 0 Å². The Balaban J connectivity index is 1.63. The molecule has 0 radical (unpaired) electrons. The standard InChI is InChI=1S/C20H26N3O3S/c1-3-18-10-9-17(2)22(15-18)16-20(24)21-11-13-23(14-12-21)27(25,26)19-7-5-4-6-8-19/h4-10,15H,3,11-14,16H2,1-2H3/q+1. The van der Waals surface area contributed by atoms with Crippen molar-refractivity contribution in [3.63, 3.8) is 0 Å². The molecule has 1 aliphatic heterocycles. The summed E-state index contributed by atoms with van der Waals surface area (Å²) >= 11 is 0. The van der Waals surface area contributed by atoms with Crippen molar-refractivity contribution in [1.29, 1.82) is 0 Å². The highest BCUT2D eigenvalue weighted by Crippen LogP contribution is 2.17. The number of carbonyl (C=O) groups is 1. The van der Waals surface area contributed by atoms with E-state index in [0.29, 0.717) is 31.1 Å². The van der Waals surface area contributed by atoms with Gasteiger partial charge in [0.1, 0.15) is 0 Å². The molecule has 1 saturated heterocycles. The number of carbonyl (C=O) groups excluding carboxylic acids is 1. The van der Waals surface area contributed by atoms with E-state index in [1.54, 1.807) is 35.2 Å². The molecular weight excluding hydrogens is 362 g/mol. The van der Waals surface area contributed by atoms with E-state index in [0.717, 1.165) is 12.1 Å². The van der Waals surface area contributed by atoms with Gasteiger partial charge in [-0.1, -0.05) is 25.1 Å². The van der Waals surface area contributed by atoms with E-state index >= 15 is 0 Å². The van der Waals surface area contributed by atoms with E-state index in [9.17, 15) is 13.2 Å². The van der Waals surface area contributed by atoms with Crippen LogP contribution in [0.1, 0.15) is 18.2 Å². The molecule has 1 fully saturated rings. The number of nitrogens with zero attached hydrogens (tertiary/aromatic N) is 3. The van der Waals surface area contributed by atoms with Gasteiger partial charge in [0.2, 0.25) is 16.6 Å². The number of rotatable bonds is 5. The fourth-order valence-electron chi connectivity index (χ4n) is 3.21. The van der Waals surface area contributed by atoms with Crippen LogP contribution in [-0.2, 0) is 27.8 Å². The van der Waals surface area contributed by atoms with E-state index < -0.39 is 10.0 Å². The molecule has 0 bridgehead atoms. The van der Waals surface area contributed by atoms with E-state index in [4.69, 9.17) is 0 Å². The lowest BCUT2D eigenvalue weighted by atomic mass is 10.2. The van der Waals surface area contributed by atoms with Crippen LogP contribution in [0.4, 0.5) is 0 Å². The summed E-state index contributed by atoms with van der Waals surface area (Å²) in [5, 5.41) is 0. The summed E-state index contributed by atoms with van der Waals surface area (Å²) in [6.45, 7) is 5.82. The molecule has 0 N–H and O–H groups in total. The fourth-order valence-corrected chi connectivity index (χ4v) is 4.66. The SMILES string of the molecule is CCc1ccc(C)[n+](CC(=O)N2CCN(S(=O)(=O)c3ccccc3)CC2)c1. The van der Waals surface area contributed by atoms with Crippen molar-refractivity contribution in [1.82, 2.24) is 9.21 Å². The minimum Gasteiger partial charge on any atom is -0.335 e. The first kappa shape index (κ1) is 19.5. The van der Waals surface area contributed by atoms with E-state index in [-0.39, 0.29) is 12.5 Å². The van der Waals surface area contributed by atoms with Crippen molar-refractivity contribution in [2.45, 2.75) is 31.7 Å². The third kappa shape index (κ3) is 4.36. The smallest absolute Gasteiger partial charge is 0.288 e. The van der Waals surface area contributed by atoms with Gasteiger partial charge in [-0.15, -0.1) is 0 Å². The van der Waals surface area contributed by atoms with Crippen LogP contribution in [0, 0.1) is 6.92 Å². The van der Waals surface area contributed by atoms with E-state index in [1.807, 2.05) is 23.8 Å². The molecule has 1 amide bonds. The second kappa shape index (κ2) is 8.19. The Bertz CT molecular complexity index is 905. The van der Waals surface area contributed by atoms with Crippen molar-refractivity contribution >= 4 is 15.9 Å². The summed E-state index contributed by atoms with van der Waals surface area (Å²) in [6, 6.07) is 12.5. The Morgan fingerprint density at radius 2 is 1.70 bits per heavy atom. The summed E-state index contributed by atoms with van der Waals surface area (Å²) in [5.74, 6) is 0.0214. The fraction of sp³-hybridized carbons (Fsp3) is 0.400. The van der Waals surface area contributed by atoms with Crippen LogP contribution in [0.25, 0.3) is 0 Å². The molecule has 7 heteroatoms. The molecule has 2 heterocycles. The van der Waals surface area contributed by atoms with Gasteiger partial charge in [-0.05, 0) is 24.6 Å². The average Bonchev–Trinajstić information content (AvgIpc) is 2.70. The predicted octanol–water partition coefficient (Wildman–Crippen LogP) is 1.38. The number of aryl methyl sites for hydroxylation is 2. The molecule has 0 unspecified atom stereocenters. The summed E-state index contributed by atoms with van der Waals surface area (Å²) in [4.78, 5) is 14.7. The largest absolute Gasteiger partial charge is 0.335 e. The van der Waals surface area contributed by atoms with Gasteiger partial charge in [0.15, 0.2) is 11.9 Å². The van der Waals surface area contributed by atoms with E-state index in [2.05, 4.69) is 13.0 Å². The van der Waals surface area contributed by atoms with Crippen molar-refractivity contribution in [3.05, 3.63) is 59.9 Å². The number of sulfonamides is 1. The molecule has 2 aromatic rings. The zero-order chi connectivity index (χ0) is 19.4. The minimum atomic E-state index is -3.50. The van der Waals surface area contributed by atoms with Gasteiger partial charge in [-0.25, -0.2) is 8.42 Å². The van der Waals surface area contributed by atoms with Gasteiger partial charge in [0.05, 0.1) is 4.90 Å². The first-order chi connectivity index (χ1) is 12.9. The van der Waals surface area contributed by atoms with E-state index in [1.165, 1.54) is 9.87 Å². The third-order valence-electron chi connectivity index (χ3n) is 5.00. The van der Waals surface area contributed by atoms with Crippen LogP contribution in [0.2, 0.25) is 0 Å². The van der Waals surface area contributed by atoms with Gasteiger partial charge >= 0.3 is 0 Å². The highest BCUT2D eigenvalue weighted by molar-refractivity contribution is 7.89. The van der Waals surface area contributed by atoms with Gasteiger partial charge in [0, 0.05) is 44.7 Å². The number of piperazine rings is 1. The van der Waals surface area contributed by atoms with Gasteiger partial charge < -0.3 is 4.90 Å². The maximum absolute atomic E-state index is 12.7. The van der Waals surface area contributed by atoms with Gasteiger partial charge in [-0.2, -0.15) is 8.87 Å². The van der Waals surface area contributed by atoms with Crippen molar-refractivity contribution in [2.75, 3.05) is 26.2 Å². The van der Waals surface area contributed by atoms with Crippen molar-refractivity contribution < 1.29 is 17.8 Å². The number of pyridine rings is 1. The number of hydrogen-bond donors (Lipinski definition) is 0. The quantitative estimate of drug-likeness (QED) is 0.727. The molecule has 144 valence electrons. The highest BCUT2D eigenvalue weighted by atomic mass is 32.2. The molecule has 6 nitrogen and oxygen atoms in total. The van der Waals surface area contributed by atoms with Crippen molar-refractivity contribution in [2.24, 2.45) is 0 Å². The number of benzene rings is 1. The summed E-state index contributed by atoms with van der Waals surface area (Å²) < 4.78 is 28.8. The average molecular weight is 389 g/mol. The molecule has 1 aromatic heterocycles. The van der Waals surface area contributed by atoms with Crippen LogP contribution < -0.4 is 4.57 Å². The molecule has 0 aliphatic carbocycles. The number of hydrogen-bond acceptors (Lipinski definition) is 3. The molecule has 0 atom stereocenters. The lowest BCUT2D eigenvalue weighted by Gasteiger charge is -2.33. The molecule has 27 heavy (non-hydrogen) atoms. The second-order valence-electron chi connectivity index (χ2n) is 6.76. The monoisotopic (exact) mass is 388 g/mol. The Labute approximate surface area is 161 Å². The van der Waals surface area contributed by atoms with Gasteiger partial charge in [0.25, 0.3) is 5.91 Å². The number of aromatic nitrogens is 1. The normalized spacial score (nSPS) is 15.7. The molecule has 1 aromatic carbocycles. The Kier molecular flexibility index (Phi) is 5.92. The molecule has 0 spiro atoms. The first-order valence-electron chi connectivity index (χ1n) is 9.23. The molecule has 0 saturated carbocycles. The summed E-state index contributed by atoms with van der Waals surface area (Å²) in [5.41, 5.74) is 2.22. The van der Waals surface area contributed by atoms with Crippen LogP contribution >= 0.6 is 0 Å². The summed E-state index contributed by atoms with van der Waals surface area (Å²) in [6.07, 6.45) is 2.94. The van der Waals surface area contributed by atoms with Crippen LogP contribution in [0.5, 0.6) is 0 Å². The minimum absolute atomic E-state index is 0.0214. The summed E-state index contributed by atoms with van der Waals surface area (Å²) in [7, 11) is -3.50.